The smallest absolute Gasteiger partial charge is 0.338 e. The molecule has 1 heterocycles. The van der Waals surface area contributed by atoms with E-state index in [0.29, 0.717) is 6.61 Å². The van der Waals surface area contributed by atoms with Gasteiger partial charge in [-0.1, -0.05) is 0 Å². The van der Waals surface area contributed by atoms with Crippen molar-refractivity contribution in [1.29, 1.82) is 0 Å². The third-order valence-electron chi connectivity index (χ3n) is 2.60. The number of ether oxygens (including phenoxy) is 2. The highest BCUT2D eigenvalue weighted by Crippen LogP contribution is 2.16. The summed E-state index contributed by atoms with van der Waals surface area (Å²) in [5.74, 6) is -0.878. The van der Waals surface area contributed by atoms with E-state index in [1.807, 2.05) is 0 Å². The molecule has 1 aromatic rings. The summed E-state index contributed by atoms with van der Waals surface area (Å²) >= 11 is 5.37. The maximum Gasteiger partial charge on any atom is 0.338 e. The van der Waals surface area contributed by atoms with Crippen LogP contribution in [0.5, 0.6) is 0 Å². The Labute approximate surface area is 114 Å². The molecule has 0 saturated carbocycles. The fourth-order valence-electron chi connectivity index (χ4n) is 1.48. The van der Waals surface area contributed by atoms with Crippen molar-refractivity contribution in [2.45, 2.75) is 13.0 Å². The van der Waals surface area contributed by atoms with E-state index in [2.05, 4.69) is 0 Å². The van der Waals surface area contributed by atoms with E-state index < -0.39 is 11.2 Å². The van der Waals surface area contributed by atoms with Gasteiger partial charge in [0.1, 0.15) is 12.7 Å². The van der Waals surface area contributed by atoms with Crippen LogP contribution in [0.15, 0.2) is 18.2 Å². The molecule has 1 atom stereocenters. The molecule has 0 N–H and O–H groups in total. The van der Waals surface area contributed by atoms with Crippen molar-refractivity contribution in [3.63, 3.8) is 0 Å². The van der Waals surface area contributed by atoms with Crippen LogP contribution in [-0.2, 0) is 9.47 Å². The number of hydrogen-bond donors (Lipinski definition) is 0. The molecule has 1 saturated heterocycles. The van der Waals surface area contributed by atoms with E-state index in [1.165, 1.54) is 25.1 Å². The number of Topliss-reactive ketones (excluding diaryl/α,β-unsaturated/α-hetero) is 1. The van der Waals surface area contributed by atoms with Gasteiger partial charge in [-0.15, -0.1) is 0 Å². The quantitative estimate of drug-likeness (QED) is 0.356. The Kier molecular flexibility index (Phi) is 3.97. The van der Waals surface area contributed by atoms with Crippen LogP contribution < -0.4 is 0 Å². The summed E-state index contributed by atoms with van der Waals surface area (Å²) < 4.78 is 9.90. The van der Waals surface area contributed by atoms with Crippen LogP contribution in [0.25, 0.3) is 0 Å². The van der Waals surface area contributed by atoms with Gasteiger partial charge < -0.3 is 9.47 Å². The van der Waals surface area contributed by atoms with Gasteiger partial charge in [0.15, 0.2) is 5.78 Å². The minimum atomic E-state index is -0.734. The summed E-state index contributed by atoms with van der Waals surface area (Å²) in [6.07, 6.45) is -0.0472. The molecule has 0 aromatic heterocycles. The number of halogens is 1. The second-order valence-corrected chi connectivity index (χ2v) is 4.53. The third-order valence-corrected chi connectivity index (χ3v) is 2.82. The number of ketones is 1. The molecule has 0 bridgehead atoms. The van der Waals surface area contributed by atoms with Gasteiger partial charge in [0.05, 0.1) is 12.2 Å². The van der Waals surface area contributed by atoms with E-state index in [-0.39, 0.29) is 35.2 Å². The topological polar surface area (TPSA) is 73.0 Å². The highest BCUT2D eigenvalue weighted by Gasteiger charge is 2.25. The lowest BCUT2D eigenvalue weighted by molar-refractivity contribution is 0.0476. The molecule has 0 radical (unpaired) electrons. The SMILES string of the molecule is CC(=O)c1cc(C(=O)Cl)cc(C(=O)OCC2CO2)c1. The van der Waals surface area contributed by atoms with Crippen LogP contribution in [0.1, 0.15) is 38.0 Å². The Bertz CT molecular complexity index is 516. The zero-order valence-corrected chi connectivity index (χ0v) is 10.9. The van der Waals surface area contributed by atoms with Crippen LogP contribution in [0.2, 0.25) is 0 Å². The average molecular weight is 283 g/mol. The molecule has 1 aliphatic rings. The molecule has 1 aliphatic heterocycles. The first-order valence-electron chi connectivity index (χ1n) is 5.62. The van der Waals surface area contributed by atoms with Gasteiger partial charge in [-0.3, -0.25) is 9.59 Å². The number of benzene rings is 1. The maximum absolute atomic E-state index is 11.8. The largest absolute Gasteiger partial charge is 0.459 e. The lowest BCUT2D eigenvalue weighted by Gasteiger charge is -2.06. The van der Waals surface area contributed by atoms with E-state index >= 15 is 0 Å². The van der Waals surface area contributed by atoms with Crippen LogP contribution in [-0.4, -0.2) is 36.3 Å². The second kappa shape index (κ2) is 5.50. The monoisotopic (exact) mass is 282 g/mol. The second-order valence-electron chi connectivity index (χ2n) is 4.18. The molecule has 1 unspecified atom stereocenters. The number of carbonyl (C=O) groups excluding carboxylic acids is 3. The van der Waals surface area contributed by atoms with Crippen LogP contribution in [0, 0.1) is 0 Å². The number of carbonyl (C=O) groups is 3. The van der Waals surface area contributed by atoms with Crippen molar-refractivity contribution in [3.8, 4) is 0 Å². The summed E-state index contributed by atoms with van der Waals surface area (Å²) in [4.78, 5) is 34.3. The van der Waals surface area contributed by atoms with Gasteiger partial charge >= 0.3 is 5.97 Å². The summed E-state index contributed by atoms with van der Waals surface area (Å²) in [6, 6.07) is 4.03. The summed E-state index contributed by atoms with van der Waals surface area (Å²) in [5, 5.41) is -0.734. The first kappa shape index (κ1) is 13.7. The molecule has 6 heteroatoms. The summed E-state index contributed by atoms with van der Waals surface area (Å²) in [5.41, 5.74) is 0.447. The van der Waals surface area contributed by atoms with Crippen molar-refractivity contribution in [2.24, 2.45) is 0 Å². The third kappa shape index (κ3) is 3.62. The van der Waals surface area contributed by atoms with Crippen LogP contribution in [0.4, 0.5) is 0 Å². The highest BCUT2D eigenvalue weighted by molar-refractivity contribution is 6.67. The van der Waals surface area contributed by atoms with E-state index in [4.69, 9.17) is 21.1 Å². The highest BCUT2D eigenvalue weighted by atomic mass is 35.5. The lowest BCUT2D eigenvalue weighted by atomic mass is 10.0. The number of hydrogen-bond acceptors (Lipinski definition) is 5. The number of esters is 1. The van der Waals surface area contributed by atoms with Gasteiger partial charge in [-0.05, 0) is 36.7 Å². The van der Waals surface area contributed by atoms with E-state index in [0.717, 1.165) is 0 Å². The average Bonchev–Trinajstić information content (AvgIpc) is 3.19. The van der Waals surface area contributed by atoms with Crippen molar-refractivity contribution in [2.75, 3.05) is 13.2 Å². The Morgan fingerprint density at radius 3 is 2.37 bits per heavy atom. The van der Waals surface area contributed by atoms with Crippen molar-refractivity contribution >= 4 is 28.6 Å². The van der Waals surface area contributed by atoms with E-state index in [9.17, 15) is 14.4 Å². The van der Waals surface area contributed by atoms with Gasteiger partial charge in [0.25, 0.3) is 5.24 Å². The minimum absolute atomic E-state index is 0.0472. The molecule has 1 fully saturated rings. The Morgan fingerprint density at radius 1 is 1.26 bits per heavy atom. The minimum Gasteiger partial charge on any atom is -0.459 e. The van der Waals surface area contributed by atoms with Crippen molar-refractivity contribution in [1.82, 2.24) is 0 Å². The molecular weight excluding hydrogens is 272 g/mol. The molecule has 19 heavy (non-hydrogen) atoms. The van der Waals surface area contributed by atoms with Gasteiger partial charge in [0, 0.05) is 11.1 Å². The molecule has 1 aromatic carbocycles. The molecule has 2 rings (SSSR count). The Hall–Kier alpha value is -1.72. The normalized spacial score (nSPS) is 16.8. The molecule has 0 amide bonds. The Morgan fingerprint density at radius 2 is 1.84 bits per heavy atom. The fraction of sp³-hybridized carbons (Fsp3) is 0.308. The molecule has 100 valence electrons. The lowest BCUT2D eigenvalue weighted by Crippen LogP contribution is -2.12. The number of epoxide rings is 1. The number of rotatable bonds is 5. The summed E-state index contributed by atoms with van der Waals surface area (Å²) in [7, 11) is 0. The van der Waals surface area contributed by atoms with Crippen molar-refractivity contribution in [3.05, 3.63) is 34.9 Å². The first-order chi connectivity index (χ1) is 8.97. The molecule has 0 aliphatic carbocycles. The Balaban J connectivity index is 2.23. The van der Waals surface area contributed by atoms with Crippen LogP contribution in [0.3, 0.4) is 0 Å². The zero-order chi connectivity index (χ0) is 14.0. The maximum atomic E-state index is 11.8. The first-order valence-corrected chi connectivity index (χ1v) is 6.00. The molecule has 5 nitrogen and oxygen atoms in total. The molecule has 0 spiro atoms. The standard InChI is InChI=1S/C13H11ClO5/c1-7(15)8-2-9(12(14)16)4-10(3-8)13(17)19-6-11-5-18-11/h2-4,11H,5-6H2,1H3. The van der Waals surface area contributed by atoms with E-state index in [1.54, 1.807) is 0 Å². The van der Waals surface area contributed by atoms with Crippen LogP contribution >= 0.6 is 11.6 Å². The summed E-state index contributed by atoms with van der Waals surface area (Å²) in [6.45, 7) is 2.07. The van der Waals surface area contributed by atoms with Gasteiger partial charge in [0.2, 0.25) is 0 Å². The van der Waals surface area contributed by atoms with Crippen molar-refractivity contribution < 1.29 is 23.9 Å². The predicted octanol–water partition coefficient (Wildman–Crippen LogP) is 1.82. The zero-order valence-electron chi connectivity index (χ0n) is 10.1. The van der Waals surface area contributed by atoms with Gasteiger partial charge in [-0.2, -0.15) is 0 Å². The van der Waals surface area contributed by atoms with Gasteiger partial charge in [-0.25, -0.2) is 4.79 Å². The fourth-order valence-corrected chi connectivity index (χ4v) is 1.59. The molecular formula is C13H11ClO5. The predicted molar refractivity (Wildman–Crippen MR) is 66.7 cm³/mol.